The fraction of sp³-hybridized carbons (Fsp3) is 0.381. The lowest BCUT2D eigenvalue weighted by Crippen LogP contribution is -2.37. The molecule has 174 valence electrons. The van der Waals surface area contributed by atoms with Crippen molar-refractivity contribution in [3.05, 3.63) is 65.6 Å². The van der Waals surface area contributed by atoms with Crippen LogP contribution in [0.25, 0.3) is 5.69 Å². The number of aromatic nitrogens is 4. The lowest BCUT2D eigenvalue weighted by atomic mass is 9.97. The van der Waals surface area contributed by atoms with Crippen LogP contribution in [0.2, 0.25) is 0 Å². The molecule has 5 rings (SSSR count). The van der Waals surface area contributed by atoms with E-state index in [1.807, 2.05) is 0 Å². The second-order valence-corrected chi connectivity index (χ2v) is 8.18. The predicted molar refractivity (Wildman–Crippen MR) is 102 cm³/mol. The number of nitrogens with zero attached hydrogens (tertiary/aromatic N) is 5. The highest BCUT2D eigenvalue weighted by molar-refractivity contribution is 5.50. The number of rotatable bonds is 3. The third-order valence-corrected chi connectivity index (χ3v) is 6.19. The number of halogens is 7. The van der Waals surface area contributed by atoms with Crippen LogP contribution in [0.3, 0.4) is 0 Å². The molecule has 0 unspecified atom stereocenters. The van der Waals surface area contributed by atoms with Gasteiger partial charge < -0.3 is 4.90 Å². The minimum atomic E-state index is -5.04. The Labute approximate surface area is 182 Å². The van der Waals surface area contributed by atoms with Crippen molar-refractivity contribution < 1.29 is 30.7 Å². The first-order chi connectivity index (χ1) is 15.5. The zero-order valence-electron chi connectivity index (χ0n) is 16.8. The summed E-state index contributed by atoms with van der Waals surface area (Å²) >= 11 is 0. The van der Waals surface area contributed by atoms with Crippen LogP contribution in [0, 0.1) is 11.7 Å². The average molecular weight is 471 g/mol. The molecule has 1 saturated carbocycles. The fourth-order valence-electron chi connectivity index (χ4n) is 4.84. The molecule has 0 N–H and O–H groups in total. The van der Waals surface area contributed by atoms with E-state index in [-0.39, 0.29) is 18.0 Å². The van der Waals surface area contributed by atoms with Gasteiger partial charge in [-0.3, -0.25) is 0 Å². The van der Waals surface area contributed by atoms with Crippen LogP contribution in [0.5, 0.6) is 0 Å². The summed E-state index contributed by atoms with van der Waals surface area (Å²) in [5, 5.41) is 4.16. The summed E-state index contributed by atoms with van der Waals surface area (Å²) in [5.41, 5.74) is -2.55. The SMILES string of the molecule is Fc1ccc(-n2ncnc2[C@@H]2[C@H]3CC[C@H](C3)N2c2cc(C(F)(F)F)cc(C(F)(F)F)n2)cc1. The molecule has 12 heteroatoms. The Bertz CT molecular complexity index is 1140. The van der Waals surface area contributed by atoms with E-state index in [9.17, 15) is 30.7 Å². The molecule has 1 aromatic carbocycles. The normalized spacial score (nSPS) is 22.9. The van der Waals surface area contributed by atoms with Gasteiger partial charge in [-0.15, -0.1) is 0 Å². The molecule has 2 bridgehead atoms. The summed E-state index contributed by atoms with van der Waals surface area (Å²) in [4.78, 5) is 9.37. The molecule has 5 nitrogen and oxygen atoms in total. The molecule has 3 heterocycles. The molecule has 0 amide bonds. The molecule has 0 radical (unpaired) electrons. The zero-order valence-corrected chi connectivity index (χ0v) is 16.8. The van der Waals surface area contributed by atoms with Crippen LogP contribution in [-0.4, -0.2) is 25.8 Å². The summed E-state index contributed by atoms with van der Waals surface area (Å²) in [7, 11) is 0. The Morgan fingerprint density at radius 3 is 2.30 bits per heavy atom. The number of fused-ring (bicyclic) bond motifs is 2. The van der Waals surface area contributed by atoms with Gasteiger partial charge in [0.15, 0.2) is 5.82 Å². The molecule has 3 aromatic rings. The van der Waals surface area contributed by atoms with E-state index in [1.165, 1.54) is 40.2 Å². The number of piperidine rings is 1. The maximum atomic E-state index is 13.4. The van der Waals surface area contributed by atoms with E-state index in [1.54, 1.807) is 0 Å². The van der Waals surface area contributed by atoms with Crippen molar-refractivity contribution >= 4 is 5.82 Å². The maximum absolute atomic E-state index is 13.4. The Kier molecular flexibility index (Phi) is 4.87. The zero-order chi connectivity index (χ0) is 23.5. The van der Waals surface area contributed by atoms with Crippen molar-refractivity contribution in [2.45, 2.75) is 43.7 Å². The van der Waals surface area contributed by atoms with Gasteiger partial charge in [0.1, 0.15) is 23.7 Å². The molecule has 3 atom stereocenters. The first kappa shape index (κ1) is 21.7. The lowest BCUT2D eigenvalue weighted by molar-refractivity contribution is -0.145. The average Bonchev–Trinajstić information content (AvgIpc) is 3.48. The quantitative estimate of drug-likeness (QED) is 0.469. The number of hydrogen-bond donors (Lipinski definition) is 0. The van der Waals surface area contributed by atoms with Crippen molar-refractivity contribution in [2.75, 3.05) is 4.90 Å². The van der Waals surface area contributed by atoms with Gasteiger partial charge in [-0.05, 0) is 61.6 Å². The first-order valence-corrected chi connectivity index (χ1v) is 10.1. The third kappa shape index (κ3) is 3.80. The van der Waals surface area contributed by atoms with Gasteiger partial charge in [-0.25, -0.2) is 19.0 Å². The van der Waals surface area contributed by atoms with Gasteiger partial charge >= 0.3 is 12.4 Å². The van der Waals surface area contributed by atoms with Gasteiger partial charge in [-0.1, -0.05) is 0 Å². The molecule has 1 aliphatic carbocycles. The number of alkyl halides is 6. The number of anilines is 1. The summed E-state index contributed by atoms with van der Waals surface area (Å²) in [5.74, 6) is -0.566. The van der Waals surface area contributed by atoms with Crippen molar-refractivity contribution in [3.8, 4) is 5.69 Å². The topological polar surface area (TPSA) is 46.8 Å². The predicted octanol–water partition coefficient (Wildman–Crippen LogP) is 5.57. The van der Waals surface area contributed by atoms with Gasteiger partial charge in [0.05, 0.1) is 17.3 Å². The molecular weight excluding hydrogens is 455 g/mol. The summed E-state index contributed by atoms with van der Waals surface area (Å²) in [6.45, 7) is 0. The van der Waals surface area contributed by atoms with Crippen LogP contribution in [0.4, 0.5) is 36.6 Å². The third-order valence-electron chi connectivity index (χ3n) is 6.19. The highest BCUT2D eigenvalue weighted by atomic mass is 19.4. The van der Waals surface area contributed by atoms with E-state index >= 15 is 0 Å². The van der Waals surface area contributed by atoms with Crippen LogP contribution >= 0.6 is 0 Å². The van der Waals surface area contributed by atoms with E-state index < -0.39 is 41.3 Å². The molecule has 1 saturated heterocycles. The molecule has 2 aliphatic rings. The standard InChI is InChI=1S/C21H16F7N5/c22-13-2-5-14(6-3-13)33-19(29-10-30-33)18-11-1-4-15(7-11)32(18)17-9-12(20(23,24)25)8-16(31-17)21(26,27)28/h2-3,5-6,8-11,15,18H,1,4,7H2/t11-,15+,18-/m0/s1. The molecular formula is C21H16F7N5. The molecule has 2 aromatic heterocycles. The van der Waals surface area contributed by atoms with Crippen molar-refractivity contribution in [2.24, 2.45) is 5.92 Å². The van der Waals surface area contributed by atoms with Gasteiger partial charge in [-0.2, -0.15) is 31.4 Å². The van der Waals surface area contributed by atoms with E-state index in [0.717, 1.165) is 6.42 Å². The number of benzene rings is 1. The Morgan fingerprint density at radius 1 is 0.909 bits per heavy atom. The maximum Gasteiger partial charge on any atom is 0.433 e. The van der Waals surface area contributed by atoms with Crippen molar-refractivity contribution in [1.29, 1.82) is 0 Å². The number of hydrogen-bond acceptors (Lipinski definition) is 4. The fourth-order valence-corrected chi connectivity index (χ4v) is 4.84. The monoisotopic (exact) mass is 471 g/mol. The summed E-state index contributed by atoms with van der Waals surface area (Å²) < 4.78 is 95.3. The second kappa shape index (κ2) is 7.42. The molecule has 0 spiro atoms. The van der Waals surface area contributed by atoms with E-state index in [0.29, 0.717) is 30.4 Å². The summed E-state index contributed by atoms with van der Waals surface area (Å²) in [6.07, 6.45) is -6.82. The minimum absolute atomic E-state index is 0.0217. The smallest absolute Gasteiger partial charge is 0.343 e. The molecule has 2 fully saturated rings. The van der Waals surface area contributed by atoms with Crippen molar-refractivity contribution in [1.82, 2.24) is 19.7 Å². The highest BCUT2D eigenvalue weighted by Gasteiger charge is 2.50. The van der Waals surface area contributed by atoms with Crippen LogP contribution in [-0.2, 0) is 12.4 Å². The van der Waals surface area contributed by atoms with Crippen molar-refractivity contribution in [3.63, 3.8) is 0 Å². The summed E-state index contributed by atoms with van der Waals surface area (Å²) in [6, 6.07) is 5.15. The van der Waals surface area contributed by atoms with Gasteiger partial charge in [0.2, 0.25) is 0 Å². The minimum Gasteiger partial charge on any atom is -0.343 e. The van der Waals surface area contributed by atoms with Gasteiger partial charge in [0.25, 0.3) is 0 Å². The van der Waals surface area contributed by atoms with Gasteiger partial charge in [0, 0.05) is 6.04 Å². The molecule has 1 aliphatic heterocycles. The highest BCUT2D eigenvalue weighted by Crippen LogP contribution is 2.52. The number of pyridine rings is 1. The largest absolute Gasteiger partial charge is 0.433 e. The second-order valence-electron chi connectivity index (χ2n) is 8.18. The van der Waals surface area contributed by atoms with Crippen LogP contribution in [0.1, 0.15) is 42.4 Å². The Hall–Kier alpha value is -3.18. The Morgan fingerprint density at radius 2 is 1.64 bits per heavy atom. The van der Waals surface area contributed by atoms with E-state index in [2.05, 4.69) is 15.1 Å². The first-order valence-electron chi connectivity index (χ1n) is 10.1. The van der Waals surface area contributed by atoms with E-state index in [4.69, 9.17) is 0 Å². The molecule has 33 heavy (non-hydrogen) atoms. The van der Waals surface area contributed by atoms with Crippen LogP contribution < -0.4 is 4.90 Å². The lowest BCUT2D eigenvalue weighted by Gasteiger charge is -2.36. The Balaban J connectivity index is 1.63. The van der Waals surface area contributed by atoms with Crippen LogP contribution in [0.15, 0.2) is 42.7 Å².